The molecule has 0 fully saturated rings. The molecule has 3 heterocycles. The van der Waals surface area contributed by atoms with E-state index in [0.29, 0.717) is 12.2 Å². The molecule has 0 saturated carbocycles. The molecule has 138 valence electrons. The monoisotopic (exact) mass is 361 g/mol. The predicted octanol–water partition coefficient (Wildman–Crippen LogP) is 2.86. The van der Waals surface area contributed by atoms with Crippen LogP contribution in [0.5, 0.6) is 0 Å². The molecule has 0 bridgehead atoms. The second kappa shape index (κ2) is 7.61. The van der Waals surface area contributed by atoms with E-state index in [2.05, 4.69) is 49.7 Å². The SMILES string of the molecule is CCc1cc(C(=O)NCc2ccc(N3CCc4ccccc4C3)nc2)n[nH]1. The molecule has 0 saturated heterocycles. The molecule has 1 aromatic carbocycles. The van der Waals surface area contributed by atoms with Gasteiger partial charge in [0, 0.05) is 31.5 Å². The Labute approximate surface area is 158 Å². The van der Waals surface area contributed by atoms with E-state index in [9.17, 15) is 4.79 Å². The minimum absolute atomic E-state index is 0.178. The van der Waals surface area contributed by atoms with Crippen molar-refractivity contribution in [3.63, 3.8) is 0 Å². The zero-order valence-corrected chi connectivity index (χ0v) is 15.4. The van der Waals surface area contributed by atoms with Crippen molar-refractivity contribution in [1.29, 1.82) is 0 Å². The number of nitrogens with zero attached hydrogens (tertiary/aromatic N) is 3. The maximum absolute atomic E-state index is 12.2. The van der Waals surface area contributed by atoms with E-state index < -0.39 is 0 Å². The third kappa shape index (κ3) is 3.84. The first-order chi connectivity index (χ1) is 13.2. The van der Waals surface area contributed by atoms with Crippen LogP contribution >= 0.6 is 0 Å². The topological polar surface area (TPSA) is 73.9 Å². The molecule has 1 aliphatic rings. The molecule has 0 radical (unpaired) electrons. The summed E-state index contributed by atoms with van der Waals surface area (Å²) in [5, 5.41) is 9.78. The number of fused-ring (bicyclic) bond motifs is 1. The molecule has 0 aliphatic carbocycles. The molecular weight excluding hydrogens is 338 g/mol. The highest BCUT2D eigenvalue weighted by atomic mass is 16.1. The van der Waals surface area contributed by atoms with Crippen molar-refractivity contribution in [2.75, 3.05) is 11.4 Å². The molecule has 0 unspecified atom stereocenters. The molecule has 2 N–H and O–H groups in total. The Hall–Kier alpha value is -3.15. The Kier molecular flexibility index (Phi) is 4.87. The van der Waals surface area contributed by atoms with Crippen LogP contribution in [-0.2, 0) is 25.9 Å². The molecule has 4 rings (SSSR count). The Morgan fingerprint density at radius 2 is 2.07 bits per heavy atom. The molecule has 1 amide bonds. The summed E-state index contributed by atoms with van der Waals surface area (Å²) in [5.41, 5.74) is 5.14. The van der Waals surface area contributed by atoms with E-state index in [1.807, 2.05) is 25.3 Å². The van der Waals surface area contributed by atoms with Gasteiger partial charge in [0.2, 0.25) is 0 Å². The van der Waals surface area contributed by atoms with Gasteiger partial charge >= 0.3 is 0 Å². The highest BCUT2D eigenvalue weighted by molar-refractivity contribution is 5.92. The molecular formula is C21H23N5O. The Morgan fingerprint density at radius 3 is 2.81 bits per heavy atom. The fourth-order valence-electron chi connectivity index (χ4n) is 3.33. The summed E-state index contributed by atoms with van der Waals surface area (Å²) in [6, 6.07) is 14.4. The molecule has 3 aromatic rings. The van der Waals surface area contributed by atoms with Crippen LogP contribution in [0.15, 0.2) is 48.7 Å². The lowest BCUT2D eigenvalue weighted by atomic mass is 10.00. The number of nitrogens with one attached hydrogen (secondary N) is 2. The number of carbonyl (C=O) groups is 1. The summed E-state index contributed by atoms with van der Waals surface area (Å²) in [7, 11) is 0. The molecule has 6 nitrogen and oxygen atoms in total. The number of pyridine rings is 1. The van der Waals surface area contributed by atoms with Gasteiger partial charge in [-0.3, -0.25) is 9.89 Å². The van der Waals surface area contributed by atoms with Crippen molar-refractivity contribution >= 4 is 11.7 Å². The lowest BCUT2D eigenvalue weighted by Crippen LogP contribution is -2.31. The van der Waals surface area contributed by atoms with Crippen molar-refractivity contribution in [3.05, 3.63) is 76.7 Å². The van der Waals surface area contributed by atoms with Crippen LogP contribution in [0.3, 0.4) is 0 Å². The Bertz CT molecular complexity index is 932. The van der Waals surface area contributed by atoms with E-state index in [-0.39, 0.29) is 5.91 Å². The van der Waals surface area contributed by atoms with Crippen molar-refractivity contribution in [2.24, 2.45) is 0 Å². The van der Waals surface area contributed by atoms with Gasteiger partial charge in [0.1, 0.15) is 11.5 Å². The number of amides is 1. The Morgan fingerprint density at radius 1 is 1.22 bits per heavy atom. The summed E-state index contributed by atoms with van der Waals surface area (Å²) in [4.78, 5) is 19.0. The number of H-pyrrole nitrogens is 1. The third-order valence-electron chi connectivity index (χ3n) is 4.96. The fraction of sp³-hybridized carbons (Fsp3) is 0.286. The number of anilines is 1. The smallest absolute Gasteiger partial charge is 0.272 e. The van der Waals surface area contributed by atoms with Gasteiger partial charge in [0.15, 0.2) is 0 Å². The van der Waals surface area contributed by atoms with Crippen LogP contribution in [0.1, 0.15) is 39.8 Å². The largest absolute Gasteiger partial charge is 0.352 e. The number of carbonyl (C=O) groups excluding carboxylic acids is 1. The number of aromatic nitrogens is 3. The molecule has 0 spiro atoms. The fourth-order valence-corrected chi connectivity index (χ4v) is 3.33. The highest BCUT2D eigenvalue weighted by Gasteiger charge is 2.17. The molecule has 2 aromatic heterocycles. The lowest BCUT2D eigenvalue weighted by molar-refractivity contribution is 0.0946. The van der Waals surface area contributed by atoms with Crippen LogP contribution in [0, 0.1) is 0 Å². The third-order valence-corrected chi connectivity index (χ3v) is 4.96. The summed E-state index contributed by atoms with van der Waals surface area (Å²) >= 11 is 0. The van der Waals surface area contributed by atoms with Crippen molar-refractivity contribution in [1.82, 2.24) is 20.5 Å². The van der Waals surface area contributed by atoms with Gasteiger partial charge < -0.3 is 10.2 Å². The van der Waals surface area contributed by atoms with Crippen LogP contribution in [0.4, 0.5) is 5.82 Å². The second-order valence-electron chi connectivity index (χ2n) is 6.78. The maximum Gasteiger partial charge on any atom is 0.272 e. The molecule has 1 aliphatic heterocycles. The van der Waals surface area contributed by atoms with Gasteiger partial charge in [0.25, 0.3) is 5.91 Å². The quantitative estimate of drug-likeness (QED) is 0.733. The average Bonchev–Trinajstić information content (AvgIpc) is 3.21. The van der Waals surface area contributed by atoms with Gasteiger partial charge in [-0.15, -0.1) is 0 Å². The first-order valence-corrected chi connectivity index (χ1v) is 9.32. The summed E-state index contributed by atoms with van der Waals surface area (Å²) in [5.74, 6) is 0.794. The number of benzene rings is 1. The second-order valence-corrected chi connectivity index (χ2v) is 6.78. The number of hydrogen-bond acceptors (Lipinski definition) is 4. The van der Waals surface area contributed by atoms with Gasteiger partial charge in [0.05, 0.1) is 0 Å². The normalized spacial score (nSPS) is 13.3. The highest BCUT2D eigenvalue weighted by Crippen LogP contribution is 2.22. The summed E-state index contributed by atoms with van der Waals surface area (Å²) in [6.45, 7) is 4.31. The summed E-state index contributed by atoms with van der Waals surface area (Å²) < 4.78 is 0. The number of hydrogen-bond donors (Lipinski definition) is 2. The van der Waals surface area contributed by atoms with Gasteiger partial charge in [-0.2, -0.15) is 5.10 Å². The average molecular weight is 361 g/mol. The van der Waals surface area contributed by atoms with Crippen LogP contribution < -0.4 is 10.2 Å². The first-order valence-electron chi connectivity index (χ1n) is 9.32. The van der Waals surface area contributed by atoms with Gasteiger partial charge in [-0.1, -0.05) is 37.3 Å². The minimum Gasteiger partial charge on any atom is -0.352 e. The van der Waals surface area contributed by atoms with E-state index in [1.54, 1.807) is 6.07 Å². The van der Waals surface area contributed by atoms with Crippen molar-refractivity contribution in [3.8, 4) is 0 Å². The summed E-state index contributed by atoms with van der Waals surface area (Å²) in [6.07, 6.45) is 3.70. The predicted molar refractivity (Wildman–Crippen MR) is 105 cm³/mol. The Balaban J connectivity index is 1.36. The van der Waals surface area contributed by atoms with E-state index >= 15 is 0 Å². The number of aryl methyl sites for hydroxylation is 1. The lowest BCUT2D eigenvalue weighted by Gasteiger charge is -2.29. The molecule has 0 atom stereocenters. The standard InChI is InChI=1S/C21H23N5O/c1-2-18-11-19(25-24-18)21(27)23-13-15-7-8-20(22-12-15)26-10-9-16-5-3-4-6-17(16)14-26/h3-8,11-12H,2,9-10,13-14H2,1H3,(H,23,27)(H,24,25). The molecule has 6 heteroatoms. The van der Waals surface area contributed by atoms with E-state index in [4.69, 9.17) is 0 Å². The van der Waals surface area contributed by atoms with Gasteiger partial charge in [-0.05, 0) is 41.7 Å². The minimum atomic E-state index is -0.178. The van der Waals surface area contributed by atoms with Gasteiger partial charge in [-0.25, -0.2) is 4.98 Å². The van der Waals surface area contributed by atoms with Crippen LogP contribution in [0.2, 0.25) is 0 Å². The zero-order valence-electron chi connectivity index (χ0n) is 15.4. The number of aromatic amines is 1. The van der Waals surface area contributed by atoms with Crippen LogP contribution in [-0.4, -0.2) is 27.6 Å². The van der Waals surface area contributed by atoms with E-state index in [0.717, 1.165) is 43.0 Å². The van der Waals surface area contributed by atoms with Crippen molar-refractivity contribution < 1.29 is 4.79 Å². The first kappa shape index (κ1) is 17.3. The van der Waals surface area contributed by atoms with E-state index in [1.165, 1.54) is 11.1 Å². The van der Waals surface area contributed by atoms with Crippen LogP contribution in [0.25, 0.3) is 0 Å². The maximum atomic E-state index is 12.2. The number of rotatable bonds is 5. The zero-order chi connectivity index (χ0) is 18.6. The molecule has 27 heavy (non-hydrogen) atoms. The van der Waals surface area contributed by atoms with Crippen molar-refractivity contribution in [2.45, 2.75) is 32.9 Å².